The molecule has 150 valence electrons. The number of hydrogen-bond acceptors (Lipinski definition) is 0. The third kappa shape index (κ3) is 10.7. The highest BCUT2D eigenvalue weighted by Crippen LogP contribution is 2.47. The second-order valence-corrected chi connectivity index (χ2v) is 9.74. The van der Waals surface area contributed by atoms with Gasteiger partial charge in [-0.3, -0.25) is 0 Å². The minimum atomic E-state index is 0.748. The van der Waals surface area contributed by atoms with Crippen molar-refractivity contribution in [3.05, 3.63) is 0 Å². The molecule has 0 aliphatic heterocycles. The second-order valence-electron chi connectivity index (χ2n) is 9.74. The van der Waals surface area contributed by atoms with Gasteiger partial charge in [-0.05, 0) is 55.8 Å². The molecule has 1 aliphatic rings. The summed E-state index contributed by atoms with van der Waals surface area (Å²) >= 11 is 0. The molecule has 0 heterocycles. The Morgan fingerprint density at radius 1 is 0.720 bits per heavy atom. The minimum Gasteiger partial charge on any atom is -0.0654 e. The highest BCUT2D eigenvalue weighted by Gasteiger charge is 2.33. The zero-order valence-electron chi connectivity index (χ0n) is 18.4. The van der Waals surface area contributed by atoms with E-state index in [4.69, 9.17) is 0 Å². The van der Waals surface area contributed by atoms with Crippen LogP contribution in [0.5, 0.6) is 0 Å². The van der Waals surface area contributed by atoms with Gasteiger partial charge in [0.25, 0.3) is 0 Å². The summed E-state index contributed by atoms with van der Waals surface area (Å²) in [5.41, 5.74) is 0.748. The van der Waals surface area contributed by atoms with E-state index in [0.717, 1.165) is 17.3 Å². The molecule has 1 fully saturated rings. The predicted molar refractivity (Wildman–Crippen MR) is 115 cm³/mol. The molecule has 0 unspecified atom stereocenters. The smallest absolute Gasteiger partial charge is 0.0297 e. The van der Waals surface area contributed by atoms with Crippen molar-refractivity contribution in [3.8, 4) is 0 Å². The van der Waals surface area contributed by atoms with Crippen molar-refractivity contribution in [3.63, 3.8) is 0 Å². The van der Waals surface area contributed by atoms with E-state index in [0.29, 0.717) is 0 Å². The van der Waals surface area contributed by atoms with Crippen LogP contribution in [0.15, 0.2) is 0 Å². The Morgan fingerprint density at radius 3 is 1.80 bits per heavy atom. The van der Waals surface area contributed by atoms with Crippen LogP contribution in [0.1, 0.15) is 143 Å². The van der Waals surface area contributed by atoms with Crippen LogP contribution >= 0.6 is 0 Å². The molecule has 0 nitrogen and oxygen atoms in total. The Bertz CT molecular complexity index is 270. The van der Waals surface area contributed by atoms with E-state index < -0.39 is 0 Å². The summed E-state index contributed by atoms with van der Waals surface area (Å²) in [6.07, 6.45) is 26.8. The molecule has 0 spiro atoms. The van der Waals surface area contributed by atoms with Crippen LogP contribution in [-0.2, 0) is 0 Å². The lowest BCUT2D eigenvalue weighted by molar-refractivity contribution is 0.112. The quantitative estimate of drug-likeness (QED) is 0.258. The Kier molecular flexibility index (Phi) is 13.0. The van der Waals surface area contributed by atoms with Gasteiger partial charge >= 0.3 is 0 Å². The van der Waals surface area contributed by atoms with E-state index in [1.807, 2.05) is 0 Å². The summed E-state index contributed by atoms with van der Waals surface area (Å²) < 4.78 is 0. The first-order chi connectivity index (χ1) is 12.1. The number of rotatable bonds is 15. The zero-order chi connectivity index (χ0) is 18.4. The fourth-order valence-corrected chi connectivity index (χ4v) is 5.04. The van der Waals surface area contributed by atoms with Gasteiger partial charge in [-0.15, -0.1) is 0 Å². The maximum atomic E-state index is 2.36. The van der Waals surface area contributed by atoms with Crippen LogP contribution < -0.4 is 0 Å². The van der Waals surface area contributed by atoms with Crippen LogP contribution in [0.25, 0.3) is 0 Å². The topological polar surface area (TPSA) is 0 Å². The van der Waals surface area contributed by atoms with E-state index in [-0.39, 0.29) is 0 Å². The van der Waals surface area contributed by atoms with Gasteiger partial charge < -0.3 is 0 Å². The van der Waals surface area contributed by atoms with Crippen molar-refractivity contribution in [1.29, 1.82) is 0 Å². The lowest BCUT2D eigenvalue weighted by Gasteiger charge is -2.41. The van der Waals surface area contributed by atoms with Crippen LogP contribution in [0.3, 0.4) is 0 Å². The Balaban J connectivity index is 2.23. The first-order valence-electron chi connectivity index (χ1n) is 12.1. The van der Waals surface area contributed by atoms with Gasteiger partial charge in [0.05, 0.1) is 0 Å². The molecule has 0 atom stereocenters. The van der Waals surface area contributed by atoms with E-state index in [1.165, 1.54) is 89.9 Å². The highest BCUT2D eigenvalue weighted by atomic mass is 14.4. The Labute approximate surface area is 160 Å². The molecule has 0 bridgehead atoms. The monoisotopic (exact) mass is 350 g/mol. The molecule has 0 aromatic rings. The molecule has 0 aromatic carbocycles. The first-order valence-corrected chi connectivity index (χ1v) is 12.1. The average Bonchev–Trinajstić information content (AvgIpc) is 2.60. The Morgan fingerprint density at radius 2 is 1.28 bits per heavy atom. The SMILES string of the molecule is CCCCCC1(CCCCC)CCC(CCCCCCC(C)C)CC1. The first kappa shape index (κ1) is 23.0. The molecule has 0 N–H and O–H groups in total. The van der Waals surface area contributed by atoms with Gasteiger partial charge in [-0.25, -0.2) is 0 Å². The standard InChI is InChI=1S/C25H50/c1-5-7-13-19-25(20-14-8-6-2)21-17-24(18-22-25)16-12-10-9-11-15-23(3)4/h23-24H,5-22H2,1-4H3. The van der Waals surface area contributed by atoms with Gasteiger partial charge in [0.1, 0.15) is 0 Å². The maximum Gasteiger partial charge on any atom is -0.0297 e. The highest BCUT2D eigenvalue weighted by molar-refractivity contribution is 4.85. The van der Waals surface area contributed by atoms with Crippen molar-refractivity contribution >= 4 is 0 Å². The second kappa shape index (κ2) is 14.1. The van der Waals surface area contributed by atoms with Crippen molar-refractivity contribution in [2.45, 2.75) is 143 Å². The summed E-state index contributed by atoms with van der Waals surface area (Å²) in [5.74, 6) is 1.96. The minimum absolute atomic E-state index is 0.748. The molecular weight excluding hydrogens is 300 g/mol. The lowest BCUT2D eigenvalue weighted by Crippen LogP contribution is -2.28. The third-order valence-corrected chi connectivity index (χ3v) is 6.93. The van der Waals surface area contributed by atoms with Gasteiger partial charge in [0.15, 0.2) is 0 Å². The summed E-state index contributed by atoms with van der Waals surface area (Å²) in [7, 11) is 0. The summed E-state index contributed by atoms with van der Waals surface area (Å²) in [6.45, 7) is 9.41. The third-order valence-electron chi connectivity index (χ3n) is 6.93. The zero-order valence-corrected chi connectivity index (χ0v) is 18.4. The molecule has 0 aromatic heterocycles. The van der Waals surface area contributed by atoms with E-state index in [9.17, 15) is 0 Å². The van der Waals surface area contributed by atoms with E-state index in [1.54, 1.807) is 25.7 Å². The fraction of sp³-hybridized carbons (Fsp3) is 1.00. The van der Waals surface area contributed by atoms with Gasteiger partial charge in [0, 0.05) is 0 Å². The van der Waals surface area contributed by atoms with E-state index in [2.05, 4.69) is 27.7 Å². The van der Waals surface area contributed by atoms with Gasteiger partial charge in [0.2, 0.25) is 0 Å². The molecule has 0 saturated heterocycles. The van der Waals surface area contributed by atoms with Crippen LogP contribution in [0.4, 0.5) is 0 Å². The number of unbranched alkanes of at least 4 members (excludes halogenated alkanes) is 7. The summed E-state index contributed by atoms with van der Waals surface area (Å²) in [4.78, 5) is 0. The molecule has 25 heavy (non-hydrogen) atoms. The lowest BCUT2D eigenvalue weighted by atomic mass is 9.65. The maximum absolute atomic E-state index is 2.36. The molecule has 0 amide bonds. The van der Waals surface area contributed by atoms with Crippen molar-refractivity contribution in [2.24, 2.45) is 17.3 Å². The van der Waals surface area contributed by atoms with Crippen LogP contribution in [-0.4, -0.2) is 0 Å². The summed E-state index contributed by atoms with van der Waals surface area (Å²) in [5, 5.41) is 0. The fourth-order valence-electron chi connectivity index (χ4n) is 5.04. The molecular formula is C25H50. The van der Waals surface area contributed by atoms with Gasteiger partial charge in [-0.2, -0.15) is 0 Å². The average molecular weight is 351 g/mol. The Hall–Kier alpha value is 0. The molecule has 1 saturated carbocycles. The predicted octanol–water partition coefficient (Wildman–Crippen LogP) is 9.32. The number of hydrogen-bond donors (Lipinski definition) is 0. The molecule has 1 rings (SSSR count). The van der Waals surface area contributed by atoms with E-state index >= 15 is 0 Å². The largest absolute Gasteiger partial charge is 0.0654 e. The normalized spacial score (nSPS) is 18.1. The van der Waals surface area contributed by atoms with Crippen molar-refractivity contribution < 1.29 is 0 Å². The van der Waals surface area contributed by atoms with Crippen LogP contribution in [0, 0.1) is 17.3 Å². The summed E-state index contributed by atoms with van der Waals surface area (Å²) in [6, 6.07) is 0. The molecule has 0 radical (unpaired) electrons. The van der Waals surface area contributed by atoms with Crippen molar-refractivity contribution in [2.75, 3.05) is 0 Å². The molecule has 1 aliphatic carbocycles. The van der Waals surface area contributed by atoms with Gasteiger partial charge in [-0.1, -0.05) is 105 Å². The molecule has 0 heteroatoms. The van der Waals surface area contributed by atoms with Crippen molar-refractivity contribution in [1.82, 2.24) is 0 Å². The van der Waals surface area contributed by atoms with Crippen LogP contribution in [0.2, 0.25) is 0 Å².